The van der Waals surface area contributed by atoms with Gasteiger partial charge >= 0.3 is 7.60 Å². The average Bonchev–Trinajstić information content (AvgIpc) is 2.84. The predicted molar refractivity (Wildman–Crippen MR) is 163 cm³/mol. The topological polar surface area (TPSA) is 66.8 Å². The molecule has 1 aromatic rings. The quantitative estimate of drug-likeness (QED) is 0.110. The third kappa shape index (κ3) is 17.1. The Balaban J connectivity index is 2.18. The molecule has 0 bridgehead atoms. The van der Waals surface area contributed by atoms with Gasteiger partial charge in [-0.05, 0) is 66.1 Å². The SMILES string of the molecule is CCCCCC(CCSCCCCCCCCC(O)CP(=O)(O)OCCC)c1ccc(C(C)(C)C)cc1. The lowest BCUT2D eigenvalue weighted by atomic mass is 9.84. The van der Waals surface area contributed by atoms with Gasteiger partial charge in [-0.2, -0.15) is 11.8 Å². The van der Waals surface area contributed by atoms with Crippen LogP contribution in [-0.4, -0.2) is 40.4 Å². The van der Waals surface area contributed by atoms with Crippen molar-refractivity contribution in [2.75, 3.05) is 24.3 Å². The molecule has 3 atom stereocenters. The summed E-state index contributed by atoms with van der Waals surface area (Å²) >= 11 is 2.11. The van der Waals surface area contributed by atoms with Crippen LogP contribution < -0.4 is 0 Å². The molecule has 1 aromatic carbocycles. The summed E-state index contributed by atoms with van der Waals surface area (Å²) in [6.07, 6.45) is 13.8. The number of rotatable bonds is 22. The molecule has 3 unspecified atom stereocenters. The van der Waals surface area contributed by atoms with Gasteiger partial charge in [-0.25, -0.2) is 0 Å². The van der Waals surface area contributed by atoms with Crippen LogP contribution in [0.5, 0.6) is 0 Å². The average molecular weight is 557 g/mol. The third-order valence-electron chi connectivity index (χ3n) is 7.03. The van der Waals surface area contributed by atoms with Crippen LogP contribution in [0.15, 0.2) is 24.3 Å². The van der Waals surface area contributed by atoms with Crippen LogP contribution in [0.1, 0.15) is 135 Å². The summed E-state index contributed by atoms with van der Waals surface area (Å²) in [5.41, 5.74) is 3.15. The molecule has 0 heterocycles. The minimum absolute atomic E-state index is 0.147. The molecule has 216 valence electrons. The van der Waals surface area contributed by atoms with Crippen molar-refractivity contribution in [2.24, 2.45) is 0 Å². The highest BCUT2D eigenvalue weighted by Gasteiger charge is 2.23. The summed E-state index contributed by atoms with van der Waals surface area (Å²) in [5.74, 6) is 3.17. The Morgan fingerprint density at radius 1 is 0.838 bits per heavy atom. The largest absolute Gasteiger partial charge is 0.392 e. The standard InChI is InChI=1S/C31H57O4PS/c1-6-8-13-16-27(28-18-20-29(21-19-28)31(3,4)5)22-25-37-24-15-12-10-9-11-14-17-30(32)26-36(33,34)35-23-7-2/h18-21,27,30,32H,6-17,22-26H2,1-5H3,(H,33,34). The van der Waals surface area contributed by atoms with Crippen LogP contribution in [-0.2, 0) is 14.5 Å². The molecule has 0 aliphatic rings. The van der Waals surface area contributed by atoms with E-state index >= 15 is 0 Å². The van der Waals surface area contributed by atoms with E-state index < -0.39 is 13.7 Å². The summed E-state index contributed by atoms with van der Waals surface area (Å²) < 4.78 is 16.8. The van der Waals surface area contributed by atoms with E-state index in [1.165, 1.54) is 80.4 Å². The van der Waals surface area contributed by atoms with Crippen molar-refractivity contribution in [3.05, 3.63) is 35.4 Å². The minimum atomic E-state index is -3.64. The summed E-state index contributed by atoms with van der Waals surface area (Å²) in [5, 5.41) is 10.0. The molecule has 0 spiro atoms. The van der Waals surface area contributed by atoms with Gasteiger partial charge in [0.25, 0.3) is 0 Å². The maximum absolute atomic E-state index is 11.8. The highest BCUT2D eigenvalue weighted by molar-refractivity contribution is 7.99. The Bertz CT molecular complexity index is 732. The van der Waals surface area contributed by atoms with Crippen LogP contribution in [0.4, 0.5) is 0 Å². The molecule has 0 amide bonds. The first kappa shape index (κ1) is 34.7. The highest BCUT2D eigenvalue weighted by Crippen LogP contribution is 2.43. The van der Waals surface area contributed by atoms with Crippen molar-refractivity contribution in [2.45, 2.75) is 136 Å². The van der Waals surface area contributed by atoms with Gasteiger partial charge in [0.05, 0.1) is 18.9 Å². The van der Waals surface area contributed by atoms with Gasteiger partial charge in [-0.1, -0.05) is 110 Å². The number of thioether (sulfide) groups is 1. The molecule has 6 heteroatoms. The maximum atomic E-state index is 11.8. The van der Waals surface area contributed by atoms with E-state index in [0.717, 1.165) is 12.8 Å². The van der Waals surface area contributed by atoms with E-state index in [1.807, 2.05) is 6.92 Å². The molecular formula is C31H57O4PS. The van der Waals surface area contributed by atoms with Crippen LogP contribution in [0.3, 0.4) is 0 Å². The zero-order valence-corrected chi connectivity index (χ0v) is 26.3. The van der Waals surface area contributed by atoms with Gasteiger partial charge in [0.1, 0.15) is 0 Å². The first-order valence-electron chi connectivity index (χ1n) is 14.9. The lowest BCUT2D eigenvalue weighted by Crippen LogP contribution is -2.14. The summed E-state index contributed by atoms with van der Waals surface area (Å²) in [4.78, 5) is 9.72. The maximum Gasteiger partial charge on any atom is 0.330 e. The van der Waals surface area contributed by atoms with Crippen LogP contribution in [0.25, 0.3) is 0 Å². The Morgan fingerprint density at radius 2 is 1.46 bits per heavy atom. The van der Waals surface area contributed by atoms with Crippen LogP contribution in [0, 0.1) is 0 Å². The second kappa shape index (κ2) is 19.7. The van der Waals surface area contributed by atoms with Crippen molar-refractivity contribution in [1.29, 1.82) is 0 Å². The molecule has 0 radical (unpaired) electrons. The van der Waals surface area contributed by atoms with Crippen LogP contribution >= 0.6 is 19.4 Å². The monoisotopic (exact) mass is 556 g/mol. The number of aliphatic hydroxyl groups is 1. The van der Waals surface area contributed by atoms with Gasteiger partial charge in [0.2, 0.25) is 0 Å². The lowest BCUT2D eigenvalue weighted by Gasteiger charge is -2.22. The number of benzene rings is 1. The fraction of sp³-hybridized carbons (Fsp3) is 0.806. The van der Waals surface area contributed by atoms with Crippen molar-refractivity contribution < 1.29 is 19.1 Å². The summed E-state index contributed by atoms with van der Waals surface area (Å²) in [6, 6.07) is 9.43. The fourth-order valence-electron chi connectivity index (χ4n) is 4.64. The molecular weight excluding hydrogens is 499 g/mol. The smallest absolute Gasteiger partial charge is 0.330 e. The zero-order chi connectivity index (χ0) is 27.6. The van der Waals surface area contributed by atoms with E-state index in [0.29, 0.717) is 18.8 Å². The Hall–Kier alpha value is -0.320. The van der Waals surface area contributed by atoms with E-state index in [9.17, 15) is 14.6 Å². The van der Waals surface area contributed by atoms with Gasteiger partial charge < -0.3 is 14.5 Å². The molecule has 0 aromatic heterocycles. The lowest BCUT2D eigenvalue weighted by molar-refractivity contribution is 0.167. The fourth-order valence-corrected chi connectivity index (χ4v) is 6.99. The number of hydrogen-bond donors (Lipinski definition) is 2. The summed E-state index contributed by atoms with van der Waals surface area (Å²) in [6.45, 7) is 11.3. The molecule has 37 heavy (non-hydrogen) atoms. The van der Waals surface area contributed by atoms with Crippen molar-refractivity contribution in [3.63, 3.8) is 0 Å². The van der Waals surface area contributed by atoms with Crippen molar-refractivity contribution in [1.82, 2.24) is 0 Å². The van der Waals surface area contributed by atoms with E-state index in [2.05, 4.69) is 63.7 Å². The second-order valence-corrected chi connectivity index (χ2v) is 14.8. The van der Waals surface area contributed by atoms with Gasteiger partial charge in [-0.15, -0.1) is 0 Å². The molecule has 0 aliphatic carbocycles. The van der Waals surface area contributed by atoms with E-state index in [1.54, 1.807) is 0 Å². The Labute approximate surface area is 233 Å². The normalized spacial score (nSPS) is 15.4. The van der Waals surface area contributed by atoms with E-state index in [-0.39, 0.29) is 18.2 Å². The molecule has 2 N–H and O–H groups in total. The Morgan fingerprint density at radius 3 is 2.08 bits per heavy atom. The molecule has 0 fully saturated rings. The molecule has 0 saturated heterocycles. The van der Waals surface area contributed by atoms with Gasteiger partial charge in [0.15, 0.2) is 0 Å². The summed E-state index contributed by atoms with van der Waals surface area (Å²) in [7, 11) is -3.64. The van der Waals surface area contributed by atoms with Gasteiger partial charge in [0, 0.05) is 0 Å². The number of aliphatic hydroxyl groups excluding tert-OH is 1. The molecule has 0 saturated carbocycles. The first-order chi connectivity index (χ1) is 17.6. The van der Waals surface area contributed by atoms with Gasteiger partial charge in [-0.3, -0.25) is 4.57 Å². The second-order valence-electron chi connectivity index (χ2n) is 11.7. The van der Waals surface area contributed by atoms with Crippen molar-refractivity contribution in [3.8, 4) is 0 Å². The minimum Gasteiger partial charge on any atom is -0.392 e. The molecule has 0 aliphatic heterocycles. The third-order valence-corrected chi connectivity index (χ3v) is 9.60. The number of hydrogen-bond acceptors (Lipinski definition) is 4. The Kier molecular flexibility index (Phi) is 18.5. The van der Waals surface area contributed by atoms with Crippen molar-refractivity contribution >= 4 is 19.4 Å². The first-order valence-corrected chi connectivity index (χ1v) is 17.8. The zero-order valence-electron chi connectivity index (χ0n) is 24.6. The number of unbranched alkanes of at least 4 members (excludes halogenated alkanes) is 7. The van der Waals surface area contributed by atoms with Crippen LogP contribution in [0.2, 0.25) is 0 Å². The molecule has 4 nitrogen and oxygen atoms in total. The van der Waals surface area contributed by atoms with E-state index in [4.69, 9.17) is 4.52 Å². The predicted octanol–water partition coefficient (Wildman–Crippen LogP) is 9.47. The molecule has 1 rings (SSSR count). The highest BCUT2D eigenvalue weighted by atomic mass is 32.2.